The minimum absolute atomic E-state index is 0.539. The highest BCUT2D eigenvalue weighted by molar-refractivity contribution is 9.10. The van der Waals surface area contributed by atoms with Gasteiger partial charge in [-0.15, -0.1) is 0 Å². The van der Waals surface area contributed by atoms with E-state index in [2.05, 4.69) is 83.6 Å². The molecular formula is C19H24BrN. The molecule has 0 heterocycles. The maximum atomic E-state index is 3.62. The number of likely N-dealkylation sites (N-methyl/N-ethyl adjacent to an activating group) is 1. The molecule has 21 heavy (non-hydrogen) atoms. The average Bonchev–Trinajstić information content (AvgIpc) is 2.47. The summed E-state index contributed by atoms with van der Waals surface area (Å²) in [5.74, 6) is 0. The number of halogens is 1. The van der Waals surface area contributed by atoms with E-state index in [1.807, 2.05) is 0 Å². The van der Waals surface area contributed by atoms with Crippen molar-refractivity contribution in [3.8, 4) is 0 Å². The van der Waals surface area contributed by atoms with Gasteiger partial charge in [0.15, 0.2) is 0 Å². The maximum Gasteiger partial charge on any atom is 0.0175 e. The molecule has 0 fully saturated rings. The predicted octanol–water partition coefficient (Wildman–Crippen LogP) is 4.91. The van der Waals surface area contributed by atoms with Gasteiger partial charge in [0.25, 0.3) is 0 Å². The third kappa shape index (κ3) is 5.64. The van der Waals surface area contributed by atoms with Crippen LogP contribution in [0.15, 0.2) is 53.0 Å². The molecule has 0 bridgehead atoms. The van der Waals surface area contributed by atoms with Crippen molar-refractivity contribution in [2.45, 2.75) is 39.2 Å². The summed E-state index contributed by atoms with van der Waals surface area (Å²) in [4.78, 5) is 0. The van der Waals surface area contributed by atoms with Crippen molar-refractivity contribution in [3.05, 3.63) is 69.7 Å². The van der Waals surface area contributed by atoms with Gasteiger partial charge in [0, 0.05) is 10.5 Å². The normalized spacial score (nSPS) is 12.3. The van der Waals surface area contributed by atoms with E-state index in [-0.39, 0.29) is 0 Å². The molecule has 0 aliphatic heterocycles. The summed E-state index contributed by atoms with van der Waals surface area (Å²) in [6, 6.07) is 18.0. The number of nitrogens with one attached hydrogen (secondary N) is 1. The summed E-state index contributed by atoms with van der Waals surface area (Å²) in [7, 11) is 0. The quantitative estimate of drug-likeness (QED) is 0.751. The Kier molecular flexibility index (Phi) is 6.47. The minimum atomic E-state index is 0.539. The molecule has 0 aliphatic carbocycles. The number of hydrogen-bond acceptors (Lipinski definition) is 1. The molecule has 2 aromatic carbocycles. The molecule has 0 saturated heterocycles. The summed E-state index contributed by atoms with van der Waals surface area (Å²) >= 11 is 3.49. The number of benzene rings is 2. The van der Waals surface area contributed by atoms with Gasteiger partial charge in [0.1, 0.15) is 0 Å². The Labute approximate surface area is 136 Å². The Balaban J connectivity index is 1.93. The van der Waals surface area contributed by atoms with Crippen LogP contribution in [0.2, 0.25) is 0 Å². The second kappa shape index (κ2) is 8.35. The number of hydrogen-bond donors (Lipinski definition) is 1. The van der Waals surface area contributed by atoms with Crippen molar-refractivity contribution in [2.24, 2.45) is 0 Å². The Bertz CT molecular complexity index is 548. The second-order valence-corrected chi connectivity index (χ2v) is 6.53. The van der Waals surface area contributed by atoms with Crippen molar-refractivity contribution in [1.29, 1.82) is 0 Å². The van der Waals surface area contributed by atoms with E-state index in [1.165, 1.54) is 23.1 Å². The average molecular weight is 346 g/mol. The van der Waals surface area contributed by atoms with Gasteiger partial charge in [0.2, 0.25) is 0 Å². The zero-order valence-corrected chi connectivity index (χ0v) is 14.5. The smallest absolute Gasteiger partial charge is 0.0175 e. The van der Waals surface area contributed by atoms with Gasteiger partial charge in [-0.25, -0.2) is 0 Å². The first-order valence-corrected chi connectivity index (χ1v) is 8.50. The van der Waals surface area contributed by atoms with Crippen LogP contribution in [0.1, 0.15) is 30.0 Å². The second-order valence-electron chi connectivity index (χ2n) is 5.61. The van der Waals surface area contributed by atoms with Crippen molar-refractivity contribution < 1.29 is 0 Å². The lowest BCUT2D eigenvalue weighted by Gasteiger charge is -2.18. The minimum Gasteiger partial charge on any atom is -0.314 e. The molecule has 0 radical (unpaired) electrons. The molecule has 1 unspecified atom stereocenters. The molecule has 0 amide bonds. The van der Waals surface area contributed by atoms with Crippen molar-refractivity contribution in [2.75, 3.05) is 6.54 Å². The monoisotopic (exact) mass is 345 g/mol. The summed E-state index contributed by atoms with van der Waals surface area (Å²) in [5.41, 5.74) is 4.18. The molecule has 2 heteroatoms. The molecule has 0 aliphatic rings. The maximum absolute atomic E-state index is 3.62. The third-order valence-corrected chi connectivity index (χ3v) is 4.28. The van der Waals surface area contributed by atoms with Gasteiger partial charge in [0.05, 0.1) is 0 Å². The molecule has 1 N–H and O–H groups in total. The van der Waals surface area contributed by atoms with Crippen LogP contribution in [0.5, 0.6) is 0 Å². The molecule has 1 nitrogen and oxygen atoms in total. The lowest BCUT2D eigenvalue weighted by molar-refractivity contribution is 0.491. The van der Waals surface area contributed by atoms with E-state index in [9.17, 15) is 0 Å². The van der Waals surface area contributed by atoms with E-state index in [0.29, 0.717) is 6.04 Å². The fraction of sp³-hybridized carbons (Fsp3) is 0.368. The van der Waals surface area contributed by atoms with Crippen molar-refractivity contribution in [3.63, 3.8) is 0 Å². The topological polar surface area (TPSA) is 12.0 Å². The molecule has 1 atom stereocenters. The van der Waals surface area contributed by atoms with E-state index >= 15 is 0 Å². The van der Waals surface area contributed by atoms with Crippen LogP contribution in [0.3, 0.4) is 0 Å². The van der Waals surface area contributed by atoms with Crippen LogP contribution in [0, 0.1) is 6.92 Å². The van der Waals surface area contributed by atoms with Crippen LogP contribution >= 0.6 is 15.9 Å². The van der Waals surface area contributed by atoms with E-state index < -0.39 is 0 Å². The predicted molar refractivity (Wildman–Crippen MR) is 94.8 cm³/mol. The van der Waals surface area contributed by atoms with Gasteiger partial charge in [-0.2, -0.15) is 0 Å². The molecule has 0 spiro atoms. The SMILES string of the molecule is CCNC(CCc1cccc(C)c1)Cc1ccc(Br)cc1. The van der Waals surface area contributed by atoms with Crippen LogP contribution in [0.4, 0.5) is 0 Å². The van der Waals surface area contributed by atoms with Gasteiger partial charge in [-0.3, -0.25) is 0 Å². The van der Waals surface area contributed by atoms with Crippen LogP contribution in [-0.2, 0) is 12.8 Å². The van der Waals surface area contributed by atoms with Crippen LogP contribution in [0.25, 0.3) is 0 Å². The third-order valence-electron chi connectivity index (χ3n) is 3.75. The molecule has 0 saturated carbocycles. The van der Waals surface area contributed by atoms with Gasteiger partial charge in [-0.05, 0) is 56.0 Å². The molecule has 2 aromatic rings. The highest BCUT2D eigenvalue weighted by atomic mass is 79.9. The van der Waals surface area contributed by atoms with Gasteiger partial charge < -0.3 is 5.32 Å². The Hall–Kier alpha value is -1.12. The Morgan fingerprint density at radius 2 is 1.81 bits per heavy atom. The Morgan fingerprint density at radius 3 is 2.48 bits per heavy atom. The standard InChI is InChI=1S/C19H24BrN/c1-3-21-19(14-17-7-10-18(20)11-8-17)12-9-16-6-4-5-15(2)13-16/h4-8,10-11,13,19,21H,3,9,12,14H2,1-2H3. The first-order valence-electron chi connectivity index (χ1n) is 7.70. The highest BCUT2D eigenvalue weighted by Crippen LogP contribution is 2.14. The fourth-order valence-electron chi connectivity index (χ4n) is 2.68. The summed E-state index contributed by atoms with van der Waals surface area (Å²) in [6.45, 7) is 5.36. The van der Waals surface area contributed by atoms with Gasteiger partial charge in [-0.1, -0.05) is 64.8 Å². The van der Waals surface area contributed by atoms with Crippen LogP contribution < -0.4 is 5.32 Å². The van der Waals surface area contributed by atoms with Crippen molar-refractivity contribution in [1.82, 2.24) is 5.32 Å². The Morgan fingerprint density at radius 1 is 1.05 bits per heavy atom. The molecular weight excluding hydrogens is 322 g/mol. The molecule has 112 valence electrons. The molecule has 2 rings (SSSR count). The lowest BCUT2D eigenvalue weighted by Crippen LogP contribution is -2.31. The zero-order valence-electron chi connectivity index (χ0n) is 12.9. The first-order chi connectivity index (χ1) is 10.2. The summed E-state index contributed by atoms with van der Waals surface area (Å²) in [5, 5.41) is 3.62. The highest BCUT2D eigenvalue weighted by Gasteiger charge is 2.09. The van der Waals surface area contributed by atoms with Crippen LogP contribution in [-0.4, -0.2) is 12.6 Å². The number of rotatable bonds is 7. The van der Waals surface area contributed by atoms with E-state index in [4.69, 9.17) is 0 Å². The number of aryl methyl sites for hydroxylation is 2. The molecule has 0 aromatic heterocycles. The zero-order chi connectivity index (χ0) is 15.1. The first kappa shape index (κ1) is 16.3. The van der Waals surface area contributed by atoms with Crippen molar-refractivity contribution >= 4 is 15.9 Å². The lowest BCUT2D eigenvalue weighted by atomic mass is 9.98. The largest absolute Gasteiger partial charge is 0.314 e. The van der Waals surface area contributed by atoms with Gasteiger partial charge >= 0.3 is 0 Å². The summed E-state index contributed by atoms with van der Waals surface area (Å²) in [6.07, 6.45) is 3.40. The van der Waals surface area contributed by atoms with E-state index in [1.54, 1.807) is 0 Å². The fourth-order valence-corrected chi connectivity index (χ4v) is 2.94. The van der Waals surface area contributed by atoms with E-state index in [0.717, 1.165) is 23.9 Å². The summed E-state index contributed by atoms with van der Waals surface area (Å²) < 4.78 is 1.14.